The highest BCUT2D eigenvalue weighted by atomic mass is 16.5. The predicted molar refractivity (Wildman–Crippen MR) is 68.4 cm³/mol. The van der Waals surface area contributed by atoms with E-state index in [9.17, 15) is 4.79 Å². The Kier molecular flexibility index (Phi) is 4.20. The van der Waals surface area contributed by atoms with Crippen LogP contribution in [0.3, 0.4) is 0 Å². The van der Waals surface area contributed by atoms with Gasteiger partial charge in [-0.1, -0.05) is 25.1 Å². The molecule has 1 amide bonds. The molecule has 4 nitrogen and oxygen atoms in total. The van der Waals surface area contributed by atoms with E-state index in [0.717, 1.165) is 17.7 Å². The van der Waals surface area contributed by atoms with Crippen LogP contribution in [-0.4, -0.2) is 30.3 Å². The van der Waals surface area contributed by atoms with Crippen LogP contribution in [0, 0.1) is 5.92 Å². The molecule has 1 aromatic rings. The second-order valence-corrected chi connectivity index (χ2v) is 4.62. The first kappa shape index (κ1) is 12.9. The maximum atomic E-state index is 12.0. The summed E-state index contributed by atoms with van der Waals surface area (Å²) in [5.74, 6) is 0.668. The predicted octanol–water partition coefficient (Wildman–Crippen LogP) is 1.12. The summed E-state index contributed by atoms with van der Waals surface area (Å²) in [6.45, 7) is 2.32. The van der Waals surface area contributed by atoms with Crippen LogP contribution in [-0.2, 0) is 11.2 Å². The molecule has 2 rings (SSSR count). The quantitative estimate of drug-likeness (QED) is 0.841. The van der Waals surface area contributed by atoms with Crippen molar-refractivity contribution >= 4 is 5.91 Å². The van der Waals surface area contributed by atoms with Crippen molar-refractivity contribution in [2.75, 3.05) is 13.2 Å². The number of aliphatic hydroxyl groups is 1. The topological polar surface area (TPSA) is 58.6 Å². The highest BCUT2D eigenvalue weighted by Gasteiger charge is 2.26. The third kappa shape index (κ3) is 2.82. The molecule has 0 aromatic heterocycles. The summed E-state index contributed by atoms with van der Waals surface area (Å²) in [6.07, 6.45) is 1.43. The monoisotopic (exact) mass is 249 g/mol. The number of nitrogens with one attached hydrogen (secondary N) is 1. The van der Waals surface area contributed by atoms with E-state index in [1.54, 1.807) is 0 Å². The van der Waals surface area contributed by atoms with Crippen LogP contribution in [0.5, 0.6) is 5.75 Å². The Balaban J connectivity index is 1.98. The summed E-state index contributed by atoms with van der Waals surface area (Å²) in [7, 11) is 0. The number of hydrogen-bond donors (Lipinski definition) is 2. The smallest absolute Gasteiger partial charge is 0.227 e. The molecule has 0 saturated carbocycles. The largest absolute Gasteiger partial charge is 0.492 e. The Labute approximate surface area is 107 Å². The molecule has 98 valence electrons. The molecule has 1 unspecified atom stereocenters. The molecule has 1 heterocycles. The van der Waals surface area contributed by atoms with Crippen molar-refractivity contribution in [3.63, 3.8) is 0 Å². The van der Waals surface area contributed by atoms with E-state index in [4.69, 9.17) is 9.84 Å². The van der Waals surface area contributed by atoms with Crippen LogP contribution < -0.4 is 10.1 Å². The van der Waals surface area contributed by atoms with Gasteiger partial charge in [0.25, 0.3) is 0 Å². The molecule has 2 N–H and O–H groups in total. The number of carbonyl (C=O) groups excluding carboxylic acids is 1. The Morgan fingerprint density at radius 2 is 2.33 bits per heavy atom. The molecule has 2 atom stereocenters. The first-order valence-electron chi connectivity index (χ1n) is 6.36. The molecule has 4 heteroatoms. The molecule has 0 saturated heterocycles. The van der Waals surface area contributed by atoms with Gasteiger partial charge in [0.15, 0.2) is 0 Å². The van der Waals surface area contributed by atoms with Crippen LogP contribution in [0.2, 0.25) is 0 Å². The van der Waals surface area contributed by atoms with E-state index in [1.807, 2.05) is 31.2 Å². The normalized spacial score (nSPS) is 19.6. The summed E-state index contributed by atoms with van der Waals surface area (Å²) in [5.41, 5.74) is 1.07. The number of para-hydroxylation sites is 1. The van der Waals surface area contributed by atoms with Crippen molar-refractivity contribution in [3.8, 4) is 5.75 Å². The summed E-state index contributed by atoms with van der Waals surface area (Å²) in [6, 6.07) is 7.63. The zero-order valence-electron chi connectivity index (χ0n) is 10.6. The highest BCUT2D eigenvalue weighted by Crippen LogP contribution is 2.26. The van der Waals surface area contributed by atoms with Gasteiger partial charge in [-0.15, -0.1) is 0 Å². The average Bonchev–Trinajstić information content (AvgIpc) is 2.44. The molecule has 0 fully saturated rings. The number of aliphatic hydroxyl groups excluding tert-OH is 1. The lowest BCUT2D eigenvalue weighted by Crippen LogP contribution is -2.43. The van der Waals surface area contributed by atoms with Crippen LogP contribution in [0.15, 0.2) is 24.3 Å². The van der Waals surface area contributed by atoms with Gasteiger partial charge in [-0.2, -0.15) is 0 Å². The molecule has 0 aliphatic carbocycles. The van der Waals surface area contributed by atoms with Gasteiger partial charge >= 0.3 is 0 Å². The lowest BCUT2D eigenvalue weighted by Gasteiger charge is -2.26. The maximum absolute atomic E-state index is 12.0. The Bertz CT molecular complexity index is 415. The second kappa shape index (κ2) is 5.87. The standard InChI is InChI=1S/C14H19NO3/c1-2-12(8-16)15-14(17)11-7-10-5-3-4-6-13(10)18-9-11/h3-6,11-12,16H,2,7-9H2,1H3,(H,15,17)/t11?,12-/m0/s1. The Hall–Kier alpha value is -1.55. The molecule has 1 aliphatic heterocycles. The van der Waals surface area contributed by atoms with Crippen molar-refractivity contribution in [1.82, 2.24) is 5.32 Å². The summed E-state index contributed by atoms with van der Waals surface area (Å²) < 4.78 is 5.58. The number of amides is 1. The summed E-state index contributed by atoms with van der Waals surface area (Å²) >= 11 is 0. The fourth-order valence-electron chi connectivity index (χ4n) is 2.09. The van der Waals surface area contributed by atoms with E-state index in [0.29, 0.717) is 13.0 Å². The summed E-state index contributed by atoms with van der Waals surface area (Å²) in [5, 5.41) is 11.9. The number of fused-ring (bicyclic) bond motifs is 1. The average molecular weight is 249 g/mol. The van der Waals surface area contributed by atoms with E-state index in [2.05, 4.69) is 5.32 Å². The third-order valence-electron chi connectivity index (χ3n) is 3.31. The first-order chi connectivity index (χ1) is 8.74. The van der Waals surface area contributed by atoms with Crippen molar-refractivity contribution < 1.29 is 14.6 Å². The van der Waals surface area contributed by atoms with E-state index in [1.165, 1.54) is 0 Å². The van der Waals surface area contributed by atoms with Crippen molar-refractivity contribution in [3.05, 3.63) is 29.8 Å². The molecular weight excluding hydrogens is 230 g/mol. The van der Waals surface area contributed by atoms with Gasteiger partial charge in [0, 0.05) is 0 Å². The molecular formula is C14H19NO3. The van der Waals surface area contributed by atoms with Gasteiger partial charge in [0.05, 0.1) is 18.6 Å². The first-order valence-corrected chi connectivity index (χ1v) is 6.36. The van der Waals surface area contributed by atoms with Gasteiger partial charge in [-0.25, -0.2) is 0 Å². The van der Waals surface area contributed by atoms with Gasteiger partial charge in [-0.3, -0.25) is 4.79 Å². The molecule has 0 spiro atoms. The van der Waals surface area contributed by atoms with E-state index in [-0.39, 0.29) is 24.5 Å². The minimum absolute atomic E-state index is 0.0214. The van der Waals surface area contributed by atoms with Crippen molar-refractivity contribution in [2.45, 2.75) is 25.8 Å². The maximum Gasteiger partial charge on any atom is 0.227 e. The summed E-state index contributed by atoms with van der Waals surface area (Å²) in [4.78, 5) is 12.0. The van der Waals surface area contributed by atoms with Crippen LogP contribution in [0.1, 0.15) is 18.9 Å². The fraction of sp³-hybridized carbons (Fsp3) is 0.500. The van der Waals surface area contributed by atoms with Crippen LogP contribution in [0.25, 0.3) is 0 Å². The number of hydrogen-bond acceptors (Lipinski definition) is 3. The molecule has 0 radical (unpaired) electrons. The zero-order valence-corrected chi connectivity index (χ0v) is 10.6. The number of rotatable bonds is 4. The number of benzene rings is 1. The molecule has 1 aromatic carbocycles. The second-order valence-electron chi connectivity index (χ2n) is 4.62. The molecule has 18 heavy (non-hydrogen) atoms. The van der Waals surface area contributed by atoms with Gasteiger partial charge in [0.1, 0.15) is 12.4 Å². The fourth-order valence-corrected chi connectivity index (χ4v) is 2.09. The minimum atomic E-state index is -0.166. The lowest BCUT2D eigenvalue weighted by molar-refractivity contribution is -0.127. The van der Waals surface area contributed by atoms with Crippen LogP contribution >= 0.6 is 0 Å². The van der Waals surface area contributed by atoms with E-state index < -0.39 is 0 Å². The SMILES string of the molecule is CC[C@@H](CO)NC(=O)C1COc2ccccc2C1. The number of ether oxygens (including phenoxy) is 1. The third-order valence-corrected chi connectivity index (χ3v) is 3.31. The van der Waals surface area contributed by atoms with Crippen molar-refractivity contribution in [2.24, 2.45) is 5.92 Å². The number of carbonyl (C=O) groups is 1. The van der Waals surface area contributed by atoms with Gasteiger partial charge in [-0.05, 0) is 24.5 Å². The Morgan fingerprint density at radius 3 is 3.06 bits per heavy atom. The van der Waals surface area contributed by atoms with Crippen LogP contribution in [0.4, 0.5) is 0 Å². The van der Waals surface area contributed by atoms with Gasteiger partial charge in [0.2, 0.25) is 5.91 Å². The van der Waals surface area contributed by atoms with E-state index >= 15 is 0 Å². The van der Waals surface area contributed by atoms with Gasteiger partial charge < -0.3 is 15.2 Å². The minimum Gasteiger partial charge on any atom is -0.492 e. The Morgan fingerprint density at radius 1 is 1.56 bits per heavy atom. The van der Waals surface area contributed by atoms with Crippen molar-refractivity contribution in [1.29, 1.82) is 0 Å². The highest BCUT2D eigenvalue weighted by molar-refractivity contribution is 5.79. The lowest BCUT2D eigenvalue weighted by atomic mass is 9.95. The molecule has 1 aliphatic rings. The molecule has 0 bridgehead atoms. The zero-order chi connectivity index (χ0) is 13.0.